The molecule has 0 fully saturated rings. The van der Waals surface area contributed by atoms with E-state index in [4.69, 9.17) is 14.2 Å². The summed E-state index contributed by atoms with van der Waals surface area (Å²) in [6.07, 6.45) is 0.988. The van der Waals surface area contributed by atoms with Gasteiger partial charge in [-0.1, -0.05) is 0 Å². The van der Waals surface area contributed by atoms with Gasteiger partial charge in [0.2, 0.25) is 12.5 Å². The Bertz CT molecular complexity index is 440. The van der Waals surface area contributed by atoms with Crippen LogP contribution in [-0.2, 0) is 4.74 Å². The number of hydrogen-bond donors (Lipinski definition) is 1. The van der Waals surface area contributed by atoms with Gasteiger partial charge in [0, 0.05) is 6.20 Å². The van der Waals surface area contributed by atoms with E-state index in [1.807, 2.05) is 0 Å². The van der Waals surface area contributed by atoms with E-state index in [2.05, 4.69) is 10.3 Å². The van der Waals surface area contributed by atoms with Gasteiger partial charge < -0.3 is 14.2 Å². The Kier molecular flexibility index (Phi) is 2.79. The number of anilines is 1. The molecule has 0 spiro atoms. The number of pyridine rings is 1. The normalized spacial score (nSPS) is 13.4. The van der Waals surface area contributed by atoms with Crippen LogP contribution in [0.15, 0.2) is 12.3 Å². The number of fused-ring (bicyclic) bond motifs is 1. The Balaban J connectivity index is 2.10. The molecule has 1 aliphatic rings. The number of carbonyl (C=O) groups excluding carboxylic acids is 1. The lowest BCUT2D eigenvalue weighted by Crippen LogP contribution is -2.27. The SMILES string of the molecule is CC(C)(C)OC(=O)Nc1ccnc2c1OCO2. The zero-order valence-corrected chi connectivity index (χ0v) is 9.94. The maximum Gasteiger partial charge on any atom is 0.412 e. The van der Waals surface area contributed by atoms with Crippen molar-refractivity contribution in [3.05, 3.63) is 12.3 Å². The van der Waals surface area contributed by atoms with Crippen LogP contribution in [0.1, 0.15) is 20.8 Å². The molecule has 0 atom stereocenters. The summed E-state index contributed by atoms with van der Waals surface area (Å²) >= 11 is 0. The maximum absolute atomic E-state index is 11.6. The first-order chi connectivity index (χ1) is 7.96. The number of ether oxygens (including phenoxy) is 3. The standard InChI is InChI=1S/C11H14N2O4/c1-11(2,3)17-10(14)13-7-4-5-12-9-8(7)15-6-16-9/h4-5H,6H2,1-3H3,(H,12,13,14). The van der Waals surface area contributed by atoms with Crippen molar-refractivity contribution >= 4 is 11.8 Å². The first-order valence-corrected chi connectivity index (χ1v) is 5.20. The lowest BCUT2D eigenvalue weighted by Gasteiger charge is -2.19. The highest BCUT2D eigenvalue weighted by Gasteiger charge is 2.22. The molecule has 6 heteroatoms. The van der Waals surface area contributed by atoms with Gasteiger partial charge in [-0.25, -0.2) is 9.78 Å². The van der Waals surface area contributed by atoms with E-state index >= 15 is 0 Å². The summed E-state index contributed by atoms with van der Waals surface area (Å²) in [6.45, 7) is 5.49. The van der Waals surface area contributed by atoms with Crippen molar-refractivity contribution < 1.29 is 19.0 Å². The fourth-order valence-electron chi connectivity index (χ4n) is 1.33. The largest absolute Gasteiger partial charge is 0.450 e. The minimum Gasteiger partial charge on any atom is -0.450 e. The van der Waals surface area contributed by atoms with Crippen molar-refractivity contribution in [2.24, 2.45) is 0 Å². The van der Waals surface area contributed by atoms with Crippen LogP contribution < -0.4 is 14.8 Å². The van der Waals surface area contributed by atoms with Crippen LogP contribution in [0.25, 0.3) is 0 Å². The second-order valence-electron chi connectivity index (χ2n) is 4.53. The highest BCUT2D eigenvalue weighted by Crippen LogP contribution is 2.36. The topological polar surface area (TPSA) is 69.7 Å². The molecule has 0 aliphatic carbocycles. The number of carbonyl (C=O) groups is 1. The zero-order valence-electron chi connectivity index (χ0n) is 9.94. The van der Waals surface area contributed by atoms with Crippen LogP contribution in [0.3, 0.4) is 0 Å². The van der Waals surface area contributed by atoms with Crippen molar-refractivity contribution in [2.75, 3.05) is 12.1 Å². The summed E-state index contributed by atoms with van der Waals surface area (Å²) in [5, 5.41) is 2.59. The average molecular weight is 238 g/mol. The lowest BCUT2D eigenvalue weighted by atomic mass is 10.2. The molecule has 1 aromatic rings. The summed E-state index contributed by atoms with van der Waals surface area (Å²) in [6, 6.07) is 1.62. The van der Waals surface area contributed by atoms with E-state index in [1.54, 1.807) is 26.8 Å². The van der Waals surface area contributed by atoms with E-state index in [0.29, 0.717) is 17.3 Å². The molecule has 2 rings (SSSR count). The van der Waals surface area contributed by atoms with Gasteiger partial charge in [0.05, 0.1) is 5.69 Å². The Hall–Kier alpha value is -1.98. The van der Waals surface area contributed by atoms with E-state index < -0.39 is 11.7 Å². The molecule has 0 radical (unpaired) electrons. The molecule has 17 heavy (non-hydrogen) atoms. The summed E-state index contributed by atoms with van der Waals surface area (Å²) < 4.78 is 15.4. The molecular formula is C11H14N2O4. The predicted molar refractivity (Wildman–Crippen MR) is 60.2 cm³/mol. The molecule has 92 valence electrons. The van der Waals surface area contributed by atoms with Crippen molar-refractivity contribution in [1.82, 2.24) is 4.98 Å². The Morgan fingerprint density at radius 1 is 1.47 bits per heavy atom. The van der Waals surface area contributed by atoms with Gasteiger partial charge in [0.25, 0.3) is 5.88 Å². The predicted octanol–water partition coefficient (Wildman–Crippen LogP) is 2.16. The first kappa shape index (κ1) is 11.5. The minimum absolute atomic E-state index is 0.106. The Morgan fingerprint density at radius 2 is 2.24 bits per heavy atom. The van der Waals surface area contributed by atoms with Crippen LogP contribution in [0.5, 0.6) is 11.6 Å². The third kappa shape index (κ3) is 2.77. The third-order valence-electron chi connectivity index (χ3n) is 1.91. The number of rotatable bonds is 1. The first-order valence-electron chi connectivity index (χ1n) is 5.20. The molecule has 1 aromatic heterocycles. The monoisotopic (exact) mass is 238 g/mol. The zero-order chi connectivity index (χ0) is 12.5. The van der Waals surface area contributed by atoms with Crippen LogP contribution in [0.2, 0.25) is 0 Å². The Labute approximate surface area is 98.9 Å². The van der Waals surface area contributed by atoms with Gasteiger partial charge in [-0.05, 0) is 26.8 Å². The molecular weight excluding hydrogens is 224 g/mol. The molecule has 1 N–H and O–H groups in total. The highest BCUT2D eigenvalue weighted by atomic mass is 16.7. The van der Waals surface area contributed by atoms with Crippen molar-refractivity contribution in [3.63, 3.8) is 0 Å². The summed E-state index contributed by atoms with van der Waals surface area (Å²) in [4.78, 5) is 15.5. The molecule has 1 amide bonds. The summed E-state index contributed by atoms with van der Waals surface area (Å²) in [5.74, 6) is 0.803. The molecule has 2 heterocycles. The Morgan fingerprint density at radius 3 is 2.94 bits per heavy atom. The number of nitrogens with one attached hydrogen (secondary N) is 1. The molecule has 1 aliphatic heterocycles. The van der Waals surface area contributed by atoms with Gasteiger partial charge in [-0.15, -0.1) is 0 Å². The second-order valence-corrected chi connectivity index (χ2v) is 4.53. The van der Waals surface area contributed by atoms with Crippen molar-refractivity contribution in [1.29, 1.82) is 0 Å². The fraction of sp³-hybridized carbons (Fsp3) is 0.455. The van der Waals surface area contributed by atoms with Crippen LogP contribution >= 0.6 is 0 Å². The highest BCUT2D eigenvalue weighted by molar-refractivity contribution is 5.87. The fourth-order valence-corrected chi connectivity index (χ4v) is 1.33. The van der Waals surface area contributed by atoms with Gasteiger partial charge in [0.1, 0.15) is 5.60 Å². The number of nitrogens with zero attached hydrogens (tertiary/aromatic N) is 1. The molecule has 6 nitrogen and oxygen atoms in total. The molecule has 0 saturated heterocycles. The van der Waals surface area contributed by atoms with Gasteiger partial charge in [-0.3, -0.25) is 5.32 Å². The summed E-state index contributed by atoms with van der Waals surface area (Å²) in [5.41, 5.74) is -0.0563. The van der Waals surface area contributed by atoms with Crippen LogP contribution in [-0.4, -0.2) is 23.5 Å². The number of hydrogen-bond acceptors (Lipinski definition) is 5. The van der Waals surface area contributed by atoms with Gasteiger partial charge in [0.15, 0.2) is 0 Å². The van der Waals surface area contributed by atoms with Crippen LogP contribution in [0.4, 0.5) is 10.5 Å². The summed E-state index contributed by atoms with van der Waals surface area (Å²) in [7, 11) is 0. The molecule has 0 saturated carbocycles. The minimum atomic E-state index is -0.544. The lowest BCUT2D eigenvalue weighted by molar-refractivity contribution is 0.0635. The van der Waals surface area contributed by atoms with E-state index in [-0.39, 0.29) is 6.79 Å². The molecule has 0 unspecified atom stereocenters. The smallest absolute Gasteiger partial charge is 0.412 e. The van der Waals surface area contributed by atoms with Crippen LogP contribution in [0, 0.1) is 0 Å². The third-order valence-corrected chi connectivity index (χ3v) is 1.91. The van der Waals surface area contributed by atoms with Gasteiger partial charge in [-0.2, -0.15) is 0 Å². The van der Waals surface area contributed by atoms with E-state index in [1.165, 1.54) is 6.20 Å². The number of amides is 1. The quantitative estimate of drug-likeness (QED) is 0.811. The van der Waals surface area contributed by atoms with E-state index in [9.17, 15) is 4.79 Å². The average Bonchev–Trinajstić information content (AvgIpc) is 2.63. The van der Waals surface area contributed by atoms with Crippen molar-refractivity contribution in [2.45, 2.75) is 26.4 Å². The molecule has 0 aromatic carbocycles. The van der Waals surface area contributed by atoms with E-state index in [0.717, 1.165) is 0 Å². The van der Waals surface area contributed by atoms with Gasteiger partial charge >= 0.3 is 6.09 Å². The number of aromatic nitrogens is 1. The maximum atomic E-state index is 11.6. The molecule has 0 bridgehead atoms. The van der Waals surface area contributed by atoms with Crippen molar-refractivity contribution in [3.8, 4) is 11.6 Å². The second kappa shape index (κ2) is 4.12.